The van der Waals surface area contributed by atoms with Gasteiger partial charge in [-0.15, -0.1) is 0 Å². The second kappa shape index (κ2) is 4.29. The summed E-state index contributed by atoms with van der Waals surface area (Å²) in [5.74, 6) is -0.355. The number of ether oxygens (including phenoxy) is 1. The van der Waals surface area contributed by atoms with Crippen LogP contribution in [0.1, 0.15) is 10.5 Å². The van der Waals surface area contributed by atoms with Crippen LogP contribution in [0.2, 0.25) is 0 Å². The quantitative estimate of drug-likeness (QED) is 0.876. The van der Waals surface area contributed by atoms with Gasteiger partial charge in [-0.3, -0.25) is 4.68 Å². The van der Waals surface area contributed by atoms with Crippen molar-refractivity contribution in [3.05, 3.63) is 36.2 Å². The van der Waals surface area contributed by atoms with Crippen molar-refractivity contribution in [2.75, 3.05) is 7.11 Å². The lowest BCUT2D eigenvalue weighted by Gasteiger charge is -2.02. The number of aromatic carboxylic acids is 1. The molecule has 0 aliphatic rings. The van der Waals surface area contributed by atoms with Crippen molar-refractivity contribution in [1.82, 2.24) is 9.78 Å². The van der Waals surface area contributed by atoms with Gasteiger partial charge in [-0.25, -0.2) is 4.79 Å². The smallest absolute Gasteiger partial charge is 0.357 e. The fraction of sp³-hybridized carbons (Fsp3) is 0.167. The molecule has 0 fully saturated rings. The standard InChI is InChI=1S/C12H12N2O3/c1-14-7-10(11(13-14)12(15)16)8-4-3-5-9(6-8)17-2/h3-7H,1-2H3,(H,15,16). The van der Waals surface area contributed by atoms with Crippen LogP contribution >= 0.6 is 0 Å². The molecule has 1 aromatic heterocycles. The first-order chi connectivity index (χ1) is 8.11. The lowest BCUT2D eigenvalue weighted by Crippen LogP contribution is -2.00. The molecule has 0 aliphatic carbocycles. The molecular formula is C12H12N2O3. The largest absolute Gasteiger partial charge is 0.497 e. The van der Waals surface area contributed by atoms with Crippen LogP contribution in [0.3, 0.4) is 0 Å². The Morgan fingerprint density at radius 1 is 1.47 bits per heavy atom. The summed E-state index contributed by atoms with van der Waals surface area (Å²) in [6.07, 6.45) is 1.68. The summed E-state index contributed by atoms with van der Waals surface area (Å²) < 4.78 is 6.59. The third-order valence-corrected chi connectivity index (χ3v) is 2.41. The lowest BCUT2D eigenvalue weighted by molar-refractivity contribution is 0.0690. The summed E-state index contributed by atoms with van der Waals surface area (Å²) in [7, 11) is 3.26. The van der Waals surface area contributed by atoms with Crippen molar-refractivity contribution >= 4 is 5.97 Å². The molecule has 0 unspecified atom stereocenters. The minimum atomic E-state index is -1.04. The first-order valence-electron chi connectivity index (χ1n) is 5.03. The zero-order valence-corrected chi connectivity index (χ0v) is 9.54. The molecule has 1 N–H and O–H groups in total. The topological polar surface area (TPSA) is 64.4 Å². The van der Waals surface area contributed by atoms with Crippen molar-refractivity contribution in [1.29, 1.82) is 0 Å². The fourth-order valence-corrected chi connectivity index (χ4v) is 1.65. The molecule has 88 valence electrons. The van der Waals surface area contributed by atoms with Crippen LogP contribution < -0.4 is 4.74 Å². The zero-order chi connectivity index (χ0) is 12.4. The highest BCUT2D eigenvalue weighted by Crippen LogP contribution is 2.26. The minimum Gasteiger partial charge on any atom is -0.497 e. The number of carboxylic acid groups (broad SMARTS) is 1. The summed E-state index contributed by atoms with van der Waals surface area (Å²) in [6.45, 7) is 0. The van der Waals surface area contributed by atoms with Gasteiger partial charge in [-0.05, 0) is 17.7 Å². The molecule has 1 aromatic carbocycles. The predicted molar refractivity (Wildman–Crippen MR) is 62.2 cm³/mol. The van der Waals surface area contributed by atoms with E-state index in [2.05, 4.69) is 5.10 Å². The van der Waals surface area contributed by atoms with Crippen molar-refractivity contribution in [3.63, 3.8) is 0 Å². The van der Waals surface area contributed by atoms with Gasteiger partial charge in [0, 0.05) is 18.8 Å². The number of hydrogen-bond donors (Lipinski definition) is 1. The predicted octanol–water partition coefficient (Wildman–Crippen LogP) is 1.79. The van der Waals surface area contributed by atoms with Crippen LogP contribution in [-0.4, -0.2) is 28.0 Å². The molecule has 0 aliphatic heterocycles. The number of aromatic nitrogens is 2. The maximum Gasteiger partial charge on any atom is 0.357 e. The Bertz CT molecular complexity index is 561. The summed E-state index contributed by atoms with van der Waals surface area (Å²) >= 11 is 0. The monoisotopic (exact) mass is 232 g/mol. The van der Waals surface area contributed by atoms with E-state index in [4.69, 9.17) is 9.84 Å². The van der Waals surface area contributed by atoms with Gasteiger partial charge in [0.15, 0.2) is 5.69 Å². The van der Waals surface area contributed by atoms with E-state index in [9.17, 15) is 4.79 Å². The van der Waals surface area contributed by atoms with Gasteiger partial charge in [-0.2, -0.15) is 5.10 Å². The fourth-order valence-electron chi connectivity index (χ4n) is 1.65. The second-order valence-electron chi connectivity index (χ2n) is 3.60. The molecule has 2 rings (SSSR count). The van der Waals surface area contributed by atoms with Crippen LogP contribution in [0, 0.1) is 0 Å². The van der Waals surface area contributed by atoms with Gasteiger partial charge in [0.25, 0.3) is 0 Å². The van der Waals surface area contributed by atoms with E-state index in [1.54, 1.807) is 32.5 Å². The van der Waals surface area contributed by atoms with E-state index in [0.29, 0.717) is 11.3 Å². The van der Waals surface area contributed by atoms with E-state index in [0.717, 1.165) is 5.56 Å². The third-order valence-electron chi connectivity index (χ3n) is 2.41. The molecule has 0 saturated carbocycles. The number of rotatable bonds is 3. The zero-order valence-electron chi connectivity index (χ0n) is 9.54. The number of methoxy groups -OCH3 is 1. The Labute approximate surface area is 98.3 Å². The molecular weight excluding hydrogens is 220 g/mol. The van der Waals surface area contributed by atoms with E-state index in [1.165, 1.54) is 4.68 Å². The number of aryl methyl sites for hydroxylation is 1. The molecule has 5 heteroatoms. The van der Waals surface area contributed by atoms with Gasteiger partial charge in [-0.1, -0.05) is 12.1 Å². The van der Waals surface area contributed by atoms with Crippen LogP contribution in [0.25, 0.3) is 11.1 Å². The van der Waals surface area contributed by atoms with E-state index >= 15 is 0 Å². The van der Waals surface area contributed by atoms with Crippen molar-refractivity contribution in [2.45, 2.75) is 0 Å². The van der Waals surface area contributed by atoms with Crippen molar-refractivity contribution in [2.24, 2.45) is 7.05 Å². The lowest BCUT2D eigenvalue weighted by atomic mass is 10.1. The molecule has 0 radical (unpaired) electrons. The second-order valence-corrected chi connectivity index (χ2v) is 3.60. The van der Waals surface area contributed by atoms with Gasteiger partial charge in [0.1, 0.15) is 5.75 Å². The molecule has 0 saturated heterocycles. The highest BCUT2D eigenvalue weighted by Gasteiger charge is 2.16. The van der Waals surface area contributed by atoms with Crippen LogP contribution in [0.5, 0.6) is 5.75 Å². The van der Waals surface area contributed by atoms with E-state index in [1.807, 2.05) is 12.1 Å². The highest BCUT2D eigenvalue weighted by molar-refractivity contribution is 5.93. The number of nitrogens with zero attached hydrogens (tertiary/aromatic N) is 2. The van der Waals surface area contributed by atoms with Crippen LogP contribution in [0.15, 0.2) is 30.5 Å². The molecule has 17 heavy (non-hydrogen) atoms. The Balaban J connectivity index is 2.55. The Kier molecular flexibility index (Phi) is 2.82. The average Bonchev–Trinajstić information content (AvgIpc) is 2.72. The summed E-state index contributed by atoms with van der Waals surface area (Å²) in [6, 6.07) is 7.22. The molecule has 2 aromatic rings. The number of carboxylic acids is 1. The molecule has 0 spiro atoms. The SMILES string of the molecule is COc1cccc(-c2cn(C)nc2C(=O)O)c1. The van der Waals surface area contributed by atoms with Crippen LogP contribution in [0.4, 0.5) is 0 Å². The van der Waals surface area contributed by atoms with Crippen molar-refractivity contribution in [3.8, 4) is 16.9 Å². The molecule has 5 nitrogen and oxygen atoms in total. The Hall–Kier alpha value is -2.30. The summed E-state index contributed by atoms with van der Waals surface area (Å²) in [5.41, 5.74) is 1.40. The first kappa shape index (κ1) is 11.2. The average molecular weight is 232 g/mol. The summed E-state index contributed by atoms with van der Waals surface area (Å²) in [5, 5.41) is 13.0. The molecule has 1 heterocycles. The Morgan fingerprint density at radius 3 is 2.88 bits per heavy atom. The molecule has 0 bridgehead atoms. The van der Waals surface area contributed by atoms with E-state index < -0.39 is 5.97 Å². The molecule has 0 atom stereocenters. The van der Waals surface area contributed by atoms with Crippen molar-refractivity contribution < 1.29 is 14.6 Å². The maximum atomic E-state index is 11.1. The Morgan fingerprint density at radius 2 is 2.24 bits per heavy atom. The van der Waals surface area contributed by atoms with Gasteiger partial charge in [0.05, 0.1) is 7.11 Å². The van der Waals surface area contributed by atoms with E-state index in [-0.39, 0.29) is 5.69 Å². The minimum absolute atomic E-state index is 0.0424. The third kappa shape index (κ3) is 2.13. The van der Waals surface area contributed by atoms with Gasteiger partial charge >= 0.3 is 5.97 Å². The normalized spacial score (nSPS) is 10.2. The maximum absolute atomic E-state index is 11.1. The number of benzene rings is 1. The number of carbonyl (C=O) groups is 1. The van der Waals surface area contributed by atoms with Gasteiger partial charge < -0.3 is 9.84 Å². The molecule has 0 amide bonds. The highest BCUT2D eigenvalue weighted by atomic mass is 16.5. The first-order valence-corrected chi connectivity index (χ1v) is 5.03. The number of hydrogen-bond acceptors (Lipinski definition) is 3. The summed E-state index contributed by atoms with van der Waals surface area (Å²) in [4.78, 5) is 11.1. The van der Waals surface area contributed by atoms with Gasteiger partial charge in [0.2, 0.25) is 0 Å². The van der Waals surface area contributed by atoms with Crippen LogP contribution in [-0.2, 0) is 7.05 Å².